The van der Waals surface area contributed by atoms with Crippen LogP contribution in [0, 0.1) is 18.7 Å². The zero-order valence-electron chi connectivity index (χ0n) is 25.8. The van der Waals surface area contributed by atoms with Gasteiger partial charge in [-0.2, -0.15) is 0 Å². The Balaban J connectivity index is 1.30. The number of benzene rings is 2. The van der Waals surface area contributed by atoms with Crippen LogP contribution in [0.3, 0.4) is 0 Å². The zero-order valence-corrected chi connectivity index (χ0v) is 26.6. The van der Waals surface area contributed by atoms with E-state index in [0.29, 0.717) is 25.6 Å². The highest BCUT2D eigenvalue weighted by atomic mass is 32.1. The van der Waals surface area contributed by atoms with Crippen molar-refractivity contribution in [3.63, 3.8) is 0 Å². The molecule has 3 heterocycles. The van der Waals surface area contributed by atoms with Crippen molar-refractivity contribution in [2.45, 2.75) is 78.0 Å². The molecule has 0 amide bonds. The van der Waals surface area contributed by atoms with Crippen LogP contribution in [0.5, 0.6) is 5.75 Å². The van der Waals surface area contributed by atoms with Crippen LogP contribution >= 0.6 is 11.3 Å². The Bertz CT molecular complexity index is 1410. The van der Waals surface area contributed by atoms with E-state index in [4.69, 9.17) is 14.5 Å². The predicted molar refractivity (Wildman–Crippen MR) is 170 cm³/mol. The minimum absolute atomic E-state index is 0.128. The second-order valence-corrected chi connectivity index (χ2v) is 12.6. The predicted octanol–water partition coefficient (Wildman–Crippen LogP) is 6.74. The third kappa shape index (κ3) is 7.05. The van der Waals surface area contributed by atoms with Gasteiger partial charge >= 0.3 is 5.97 Å². The quantitative estimate of drug-likeness (QED) is 0.258. The first-order chi connectivity index (χ1) is 20.8. The maximum absolute atomic E-state index is 15.4. The molecule has 232 valence electrons. The number of fused-ring (bicyclic) bond motifs is 1. The summed E-state index contributed by atoms with van der Waals surface area (Å²) in [6.07, 6.45) is 5.20. The van der Waals surface area contributed by atoms with Crippen molar-refractivity contribution in [2.24, 2.45) is 5.92 Å². The SMILES string of the molecule is CCCC(CC)N1CCc2cc(COc3c(C)cccc3-c3csc(N4CC[C@H](C(=O)O)[C@H](OC)C4)n3)cc(F)c2CC1. The average Bonchev–Trinajstić information content (AvgIpc) is 3.40. The molecule has 43 heavy (non-hydrogen) atoms. The van der Waals surface area contributed by atoms with Crippen LogP contribution < -0.4 is 9.64 Å². The van der Waals surface area contributed by atoms with Crippen molar-refractivity contribution in [1.82, 2.24) is 9.88 Å². The number of thiazole rings is 1. The molecule has 2 aromatic carbocycles. The third-order valence-electron chi connectivity index (χ3n) is 9.09. The van der Waals surface area contributed by atoms with Crippen LogP contribution in [0.1, 0.15) is 61.8 Å². The lowest BCUT2D eigenvalue weighted by Gasteiger charge is -2.35. The Kier molecular flexibility index (Phi) is 10.4. The number of aromatic nitrogens is 1. The summed E-state index contributed by atoms with van der Waals surface area (Å²) >= 11 is 1.53. The molecule has 9 heteroatoms. The summed E-state index contributed by atoms with van der Waals surface area (Å²) in [6.45, 7) is 9.73. The second kappa shape index (κ2) is 14.2. The van der Waals surface area contributed by atoms with Gasteiger partial charge in [-0.05, 0) is 73.4 Å². The van der Waals surface area contributed by atoms with Crippen LogP contribution in [0.2, 0.25) is 0 Å². The van der Waals surface area contributed by atoms with Gasteiger partial charge in [0.1, 0.15) is 18.2 Å². The number of anilines is 1. The summed E-state index contributed by atoms with van der Waals surface area (Å²) in [5.41, 5.74) is 5.47. The molecule has 0 spiro atoms. The zero-order chi connectivity index (χ0) is 30.5. The van der Waals surface area contributed by atoms with E-state index in [1.54, 1.807) is 13.2 Å². The van der Waals surface area contributed by atoms with Gasteiger partial charge in [-0.1, -0.05) is 38.5 Å². The maximum atomic E-state index is 15.4. The van der Waals surface area contributed by atoms with E-state index in [-0.39, 0.29) is 18.5 Å². The van der Waals surface area contributed by atoms with E-state index in [2.05, 4.69) is 29.7 Å². The van der Waals surface area contributed by atoms with E-state index in [1.807, 2.05) is 30.5 Å². The lowest BCUT2D eigenvalue weighted by Crippen LogP contribution is -2.47. The summed E-state index contributed by atoms with van der Waals surface area (Å²) in [5, 5.41) is 12.4. The highest BCUT2D eigenvalue weighted by Gasteiger charge is 2.35. The number of carboxylic acid groups (broad SMARTS) is 1. The number of rotatable bonds is 11. The van der Waals surface area contributed by atoms with Crippen LogP contribution in [0.4, 0.5) is 9.52 Å². The van der Waals surface area contributed by atoms with Crippen LogP contribution in [0.25, 0.3) is 11.3 Å². The van der Waals surface area contributed by atoms with Gasteiger partial charge in [0, 0.05) is 50.3 Å². The monoisotopic (exact) mass is 609 g/mol. The summed E-state index contributed by atoms with van der Waals surface area (Å²) in [7, 11) is 1.56. The van der Waals surface area contributed by atoms with Crippen molar-refractivity contribution in [2.75, 3.05) is 38.2 Å². The lowest BCUT2D eigenvalue weighted by molar-refractivity contribution is -0.147. The highest BCUT2D eigenvalue weighted by molar-refractivity contribution is 7.14. The molecule has 5 rings (SSSR count). The molecule has 1 fully saturated rings. The summed E-state index contributed by atoms with van der Waals surface area (Å²) in [4.78, 5) is 21.2. The number of halogens is 1. The topological polar surface area (TPSA) is 75.1 Å². The van der Waals surface area contributed by atoms with Crippen LogP contribution in [-0.2, 0) is 29.0 Å². The van der Waals surface area contributed by atoms with E-state index < -0.39 is 11.9 Å². The van der Waals surface area contributed by atoms with Gasteiger partial charge in [-0.3, -0.25) is 9.69 Å². The fraction of sp³-hybridized carbons (Fsp3) is 0.529. The van der Waals surface area contributed by atoms with Crippen molar-refractivity contribution in [3.8, 4) is 17.0 Å². The van der Waals surface area contributed by atoms with Crippen molar-refractivity contribution in [1.29, 1.82) is 0 Å². The number of piperidine rings is 1. The van der Waals surface area contributed by atoms with Gasteiger partial charge in [0.05, 0.1) is 17.7 Å². The number of carbonyl (C=O) groups is 1. The number of ether oxygens (including phenoxy) is 2. The largest absolute Gasteiger partial charge is 0.488 e. The van der Waals surface area contributed by atoms with Crippen LogP contribution in [-0.4, -0.2) is 66.4 Å². The smallest absolute Gasteiger partial charge is 0.309 e. The highest BCUT2D eigenvalue weighted by Crippen LogP contribution is 2.37. The standard InChI is InChI=1S/C34H44FN3O4S/c1-5-8-25(6-2)37-14-11-24-17-23(18-29(35)26(24)12-15-37)20-42-32-22(3)9-7-10-27(32)30-21-43-34(36-30)38-16-13-28(33(39)40)31(19-38)41-4/h7,9-10,17-18,21,25,28,31H,5-6,8,11-16,19-20H2,1-4H3,(H,39,40)/t25?,28-,31+/m0/s1. The Morgan fingerprint density at radius 2 is 2.02 bits per heavy atom. The Hall–Kier alpha value is -3.01. The fourth-order valence-corrected chi connectivity index (χ4v) is 7.53. The first-order valence-corrected chi connectivity index (χ1v) is 16.4. The fourth-order valence-electron chi connectivity index (χ4n) is 6.66. The molecule has 2 aliphatic heterocycles. The molecule has 7 nitrogen and oxygen atoms in total. The summed E-state index contributed by atoms with van der Waals surface area (Å²) < 4.78 is 27.3. The summed E-state index contributed by atoms with van der Waals surface area (Å²) in [6, 6.07) is 10.3. The molecule has 1 saturated heterocycles. The molecule has 1 aromatic heterocycles. The van der Waals surface area contributed by atoms with Gasteiger partial charge in [-0.25, -0.2) is 9.37 Å². The lowest BCUT2D eigenvalue weighted by atomic mass is 9.94. The van der Waals surface area contributed by atoms with E-state index >= 15 is 4.39 Å². The minimum atomic E-state index is -0.818. The molecule has 2 aliphatic rings. The molecule has 0 saturated carbocycles. The molecule has 1 N–H and O–H groups in total. The normalized spacial score (nSPS) is 20.0. The number of carboxylic acids is 1. The molecule has 3 aromatic rings. The molecule has 3 atom stereocenters. The average molecular weight is 610 g/mol. The minimum Gasteiger partial charge on any atom is -0.488 e. The number of hydrogen-bond donors (Lipinski definition) is 1. The van der Waals surface area contributed by atoms with E-state index in [9.17, 15) is 9.90 Å². The Morgan fingerprint density at radius 1 is 1.21 bits per heavy atom. The molecule has 0 radical (unpaired) electrons. The summed E-state index contributed by atoms with van der Waals surface area (Å²) in [5.74, 6) is -0.716. The van der Waals surface area contributed by atoms with Gasteiger partial charge in [0.25, 0.3) is 0 Å². The molecule has 0 aliphatic carbocycles. The maximum Gasteiger partial charge on any atom is 0.309 e. The third-order valence-corrected chi connectivity index (χ3v) is 9.99. The van der Waals surface area contributed by atoms with Crippen molar-refractivity contribution in [3.05, 3.63) is 63.8 Å². The van der Waals surface area contributed by atoms with Crippen molar-refractivity contribution < 1.29 is 23.8 Å². The van der Waals surface area contributed by atoms with Gasteiger partial charge in [-0.15, -0.1) is 11.3 Å². The number of hydrogen-bond acceptors (Lipinski definition) is 7. The molecular weight excluding hydrogens is 565 g/mol. The second-order valence-electron chi connectivity index (χ2n) is 11.8. The Labute approximate surface area is 258 Å². The number of methoxy groups -OCH3 is 1. The van der Waals surface area contributed by atoms with E-state index in [0.717, 1.165) is 76.7 Å². The van der Waals surface area contributed by atoms with Gasteiger partial charge < -0.3 is 19.5 Å². The molecule has 1 unspecified atom stereocenters. The van der Waals surface area contributed by atoms with Gasteiger partial charge in [0.15, 0.2) is 5.13 Å². The van der Waals surface area contributed by atoms with Gasteiger partial charge in [0.2, 0.25) is 0 Å². The number of aryl methyl sites for hydroxylation is 1. The Morgan fingerprint density at radius 3 is 2.77 bits per heavy atom. The number of aliphatic carboxylic acids is 1. The van der Waals surface area contributed by atoms with E-state index in [1.165, 1.54) is 24.2 Å². The van der Waals surface area contributed by atoms with Crippen molar-refractivity contribution >= 4 is 22.4 Å². The molecule has 0 bridgehead atoms. The first kappa shape index (κ1) is 31.4. The molecular formula is C34H44FN3O4S. The number of nitrogens with zero attached hydrogens (tertiary/aromatic N) is 3. The first-order valence-electron chi connectivity index (χ1n) is 15.6. The number of para-hydroxylation sites is 1. The van der Waals surface area contributed by atoms with Crippen LogP contribution in [0.15, 0.2) is 35.7 Å².